The number of hydrogen-bond acceptors (Lipinski definition) is 5. The van der Waals surface area contributed by atoms with E-state index in [0.29, 0.717) is 5.69 Å². The molecule has 1 saturated heterocycles. The molecule has 27 heavy (non-hydrogen) atoms. The predicted octanol–water partition coefficient (Wildman–Crippen LogP) is 0.0488. The molecule has 2 rings (SSSR count). The van der Waals surface area contributed by atoms with Gasteiger partial charge in [-0.2, -0.15) is 4.31 Å². The third-order valence-corrected chi connectivity index (χ3v) is 5.81. The summed E-state index contributed by atoms with van der Waals surface area (Å²) in [7, 11) is -3.98. The first-order valence-corrected chi connectivity index (χ1v) is 10.0. The van der Waals surface area contributed by atoms with E-state index in [-0.39, 0.29) is 36.4 Å². The van der Waals surface area contributed by atoms with Crippen LogP contribution in [0.3, 0.4) is 0 Å². The second-order valence-electron chi connectivity index (χ2n) is 6.55. The molecule has 1 heterocycles. The van der Waals surface area contributed by atoms with Gasteiger partial charge in [0, 0.05) is 31.7 Å². The highest BCUT2D eigenvalue weighted by Gasteiger charge is 2.39. The summed E-state index contributed by atoms with van der Waals surface area (Å²) in [5, 5.41) is 7.83. The Labute approximate surface area is 158 Å². The second kappa shape index (κ2) is 8.49. The summed E-state index contributed by atoms with van der Waals surface area (Å²) in [6, 6.07) is 4.43. The predicted molar refractivity (Wildman–Crippen MR) is 99.3 cm³/mol. The number of sulfonamides is 1. The topological polar surface area (TPSA) is 125 Å². The normalized spacial score (nSPS) is 18.1. The molecular weight excluding hydrogens is 372 g/mol. The average molecular weight is 396 g/mol. The van der Waals surface area contributed by atoms with Gasteiger partial charge in [-0.3, -0.25) is 14.4 Å². The summed E-state index contributed by atoms with van der Waals surface area (Å²) in [5.74, 6) is -1.17. The maximum Gasteiger partial charge on any atom is 0.243 e. The highest BCUT2D eigenvalue weighted by atomic mass is 32.2. The fourth-order valence-corrected chi connectivity index (χ4v) is 4.37. The van der Waals surface area contributed by atoms with Gasteiger partial charge in [0.25, 0.3) is 0 Å². The molecule has 0 unspecified atom stereocenters. The van der Waals surface area contributed by atoms with Gasteiger partial charge >= 0.3 is 0 Å². The Balaban J connectivity index is 2.26. The Kier molecular flexibility index (Phi) is 6.55. The van der Waals surface area contributed by atoms with Crippen molar-refractivity contribution in [1.29, 1.82) is 0 Å². The van der Waals surface area contributed by atoms with Crippen molar-refractivity contribution < 1.29 is 22.8 Å². The number of nitrogens with one attached hydrogen (secondary N) is 3. The second-order valence-corrected chi connectivity index (χ2v) is 8.45. The van der Waals surface area contributed by atoms with Crippen LogP contribution in [0, 0.1) is 0 Å². The lowest BCUT2D eigenvalue weighted by molar-refractivity contribution is -0.131. The number of anilines is 1. The van der Waals surface area contributed by atoms with Gasteiger partial charge < -0.3 is 16.0 Å². The van der Waals surface area contributed by atoms with E-state index in [9.17, 15) is 22.8 Å². The minimum atomic E-state index is -3.98. The number of amides is 3. The first-order chi connectivity index (χ1) is 12.6. The lowest BCUT2D eigenvalue weighted by Crippen LogP contribution is -2.58. The number of benzene rings is 1. The average Bonchev–Trinajstić information content (AvgIpc) is 2.55. The van der Waals surface area contributed by atoms with E-state index in [2.05, 4.69) is 16.0 Å². The maximum atomic E-state index is 13.0. The van der Waals surface area contributed by atoms with Crippen LogP contribution in [0.5, 0.6) is 0 Å². The largest absolute Gasteiger partial charge is 0.354 e. The molecule has 1 aromatic carbocycles. The third-order valence-electron chi connectivity index (χ3n) is 3.89. The van der Waals surface area contributed by atoms with E-state index in [1.54, 1.807) is 13.8 Å². The van der Waals surface area contributed by atoms with E-state index in [1.165, 1.54) is 31.2 Å². The summed E-state index contributed by atoms with van der Waals surface area (Å²) in [5.41, 5.74) is 0.464. The summed E-state index contributed by atoms with van der Waals surface area (Å²) in [4.78, 5) is 35.4. The van der Waals surface area contributed by atoms with Gasteiger partial charge in [0.2, 0.25) is 27.7 Å². The summed E-state index contributed by atoms with van der Waals surface area (Å²) in [6.07, 6.45) is -0.257. The lowest BCUT2D eigenvalue weighted by Gasteiger charge is -2.33. The minimum Gasteiger partial charge on any atom is -0.354 e. The number of nitrogens with zero attached hydrogens (tertiary/aromatic N) is 1. The van der Waals surface area contributed by atoms with Crippen LogP contribution >= 0.6 is 0 Å². The van der Waals surface area contributed by atoms with Crippen LogP contribution in [0.25, 0.3) is 0 Å². The van der Waals surface area contributed by atoms with Crippen molar-refractivity contribution in [2.45, 2.75) is 44.2 Å². The fourth-order valence-electron chi connectivity index (χ4n) is 2.78. The van der Waals surface area contributed by atoms with Crippen LogP contribution in [0.15, 0.2) is 29.2 Å². The molecule has 0 spiro atoms. The van der Waals surface area contributed by atoms with Gasteiger partial charge in [-0.1, -0.05) is 0 Å². The Morgan fingerprint density at radius 3 is 2.44 bits per heavy atom. The van der Waals surface area contributed by atoms with Crippen molar-refractivity contribution in [1.82, 2.24) is 14.9 Å². The molecule has 0 aromatic heterocycles. The molecule has 1 atom stereocenters. The van der Waals surface area contributed by atoms with Crippen molar-refractivity contribution in [3.05, 3.63) is 24.3 Å². The van der Waals surface area contributed by atoms with Crippen molar-refractivity contribution >= 4 is 33.4 Å². The fraction of sp³-hybridized carbons (Fsp3) is 0.471. The molecule has 3 amide bonds. The molecule has 0 radical (unpaired) electrons. The molecule has 10 heteroatoms. The number of carbonyl (C=O) groups is 3. The molecular formula is C17H24N4O5S. The number of carbonyl (C=O) groups excluding carboxylic acids is 3. The van der Waals surface area contributed by atoms with Gasteiger partial charge in [-0.15, -0.1) is 0 Å². The van der Waals surface area contributed by atoms with Crippen LogP contribution in [0.4, 0.5) is 5.69 Å². The van der Waals surface area contributed by atoms with Gasteiger partial charge in [0.05, 0.1) is 11.3 Å². The van der Waals surface area contributed by atoms with E-state index in [0.717, 1.165) is 4.31 Å². The Bertz CT molecular complexity index is 820. The van der Waals surface area contributed by atoms with Crippen molar-refractivity contribution in [2.75, 3.05) is 18.4 Å². The maximum absolute atomic E-state index is 13.0. The van der Waals surface area contributed by atoms with E-state index in [4.69, 9.17) is 0 Å². The third kappa shape index (κ3) is 5.27. The molecule has 9 nitrogen and oxygen atoms in total. The molecule has 0 bridgehead atoms. The van der Waals surface area contributed by atoms with Crippen LogP contribution in [0.2, 0.25) is 0 Å². The summed E-state index contributed by atoms with van der Waals surface area (Å²) in [6.45, 7) is 5.16. The van der Waals surface area contributed by atoms with Crippen molar-refractivity contribution in [3.63, 3.8) is 0 Å². The van der Waals surface area contributed by atoms with E-state index in [1.807, 2.05) is 0 Å². The summed E-state index contributed by atoms with van der Waals surface area (Å²) >= 11 is 0. The zero-order valence-electron chi connectivity index (χ0n) is 15.5. The highest BCUT2D eigenvalue weighted by Crippen LogP contribution is 2.23. The first-order valence-electron chi connectivity index (χ1n) is 8.58. The van der Waals surface area contributed by atoms with Gasteiger partial charge in [-0.25, -0.2) is 8.42 Å². The van der Waals surface area contributed by atoms with Gasteiger partial charge in [0.15, 0.2) is 0 Å². The molecule has 1 aliphatic heterocycles. The van der Waals surface area contributed by atoms with E-state index < -0.39 is 27.9 Å². The molecule has 148 valence electrons. The van der Waals surface area contributed by atoms with Crippen LogP contribution < -0.4 is 16.0 Å². The zero-order valence-corrected chi connectivity index (χ0v) is 16.3. The Morgan fingerprint density at radius 1 is 1.26 bits per heavy atom. The number of hydrogen-bond donors (Lipinski definition) is 3. The van der Waals surface area contributed by atoms with Gasteiger partial charge in [-0.05, 0) is 38.1 Å². The molecule has 1 aromatic rings. The van der Waals surface area contributed by atoms with Crippen LogP contribution in [0.1, 0.15) is 27.2 Å². The van der Waals surface area contributed by atoms with Crippen molar-refractivity contribution in [3.8, 4) is 0 Å². The smallest absolute Gasteiger partial charge is 0.243 e. The zero-order chi connectivity index (χ0) is 20.2. The summed E-state index contributed by atoms with van der Waals surface area (Å²) < 4.78 is 27.1. The van der Waals surface area contributed by atoms with E-state index >= 15 is 0 Å². The molecule has 1 fully saturated rings. The number of piperazine rings is 1. The molecule has 1 aliphatic rings. The minimum absolute atomic E-state index is 0.0134. The monoisotopic (exact) mass is 396 g/mol. The van der Waals surface area contributed by atoms with Crippen molar-refractivity contribution in [2.24, 2.45) is 0 Å². The van der Waals surface area contributed by atoms with Crippen LogP contribution in [-0.4, -0.2) is 55.6 Å². The van der Waals surface area contributed by atoms with Crippen LogP contribution in [-0.2, 0) is 24.4 Å². The number of rotatable bonds is 6. The highest BCUT2D eigenvalue weighted by molar-refractivity contribution is 7.89. The quantitative estimate of drug-likeness (QED) is 0.627. The Morgan fingerprint density at radius 2 is 1.89 bits per heavy atom. The van der Waals surface area contributed by atoms with Gasteiger partial charge in [0.1, 0.15) is 6.04 Å². The molecule has 3 N–H and O–H groups in total. The Hall–Kier alpha value is -2.46. The molecule has 0 saturated carbocycles. The first kappa shape index (κ1) is 20.8. The SMILES string of the molecule is CC(=O)Nc1ccc(S(=O)(=O)N2CCNC(=O)[C@@H]2CC(=O)NC(C)C)cc1. The molecule has 0 aliphatic carbocycles. The lowest BCUT2D eigenvalue weighted by atomic mass is 10.1. The standard InChI is InChI=1S/C17H24N4O5S/c1-11(2)19-16(23)10-15-17(24)18-8-9-21(15)27(25,26)14-6-4-13(5-7-14)20-12(3)22/h4-7,11,15H,8-10H2,1-3H3,(H,18,24)(H,19,23)(H,20,22)/t15-/m0/s1.